The van der Waals surface area contributed by atoms with E-state index in [-0.39, 0.29) is 22.9 Å². The third-order valence-electron chi connectivity index (χ3n) is 5.49. The molecule has 1 fully saturated rings. The molecular weight excluding hydrogens is 322 g/mol. The number of β-lactam (4-membered cyclic amide) rings is 1. The molecule has 4 heteroatoms. The lowest BCUT2D eigenvalue weighted by atomic mass is 9.81. The van der Waals surface area contributed by atoms with Gasteiger partial charge in [0.05, 0.1) is 12.0 Å². The Labute approximate surface area is 146 Å². The van der Waals surface area contributed by atoms with Gasteiger partial charge in [0.2, 0.25) is 5.91 Å². The first-order valence-electron chi connectivity index (χ1n) is 8.22. The van der Waals surface area contributed by atoms with Gasteiger partial charge in [-0.2, -0.15) is 0 Å². The number of alkyl halides is 1. The zero-order valence-corrected chi connectivity index (χ0v) is 16.7. The van der Waals surface area contributed by atoms with Crippen LogP contribution in [0.4, 0.5) is 0 Å². The third-order valence-corrected chi connectivity index (χ3v) is 11.2. The molecule has 1 heterocycles. The van der Waals surface area contributed by atoms with Gasteiger partial charge in [-0.25, -0.2) is 0 Å². The number of benzene rings is 1. The third kappa shape index (κ3) is 3.27. The predicted molar refractivity (Wildman–Crippen MR) is 101 cm³/mol. The summed E-state index contributed by atoms with van der Waals surface area (Å²) in [4.78, 5) is 13.0. The van der Waals surface area contributed by atoms with Crippen LogP contribution in [0.25, 0.3) is 0 Å². The molecule has 0 N–H and O–H groups in total. The van der Waals surface area contributed by atoms with Gasteiger partial charge in [0.1, 0.15) is 0 Å². The van der Waals surface area contributed by atoms with Gasteiger partial charge in [-0.05, 0) is 17.0 Å². The van der Waals surface area contributed by atoms with Gasteiger partial charge >= 0.3 is 0 Å². The highest BCUT2D eigenvalue weighted by atomic mass is 35.5. The summed E-state index contributed by atoms with van der Waals surface area (Å²) in [6, 6.07) is 10.5. The van der Waals surface area contributed by atoms with Crippen LogP contribution in [0.3, 0.4) is 0 Å². The van der Waals surface area contributed by atoms with E-state index in [9.17, 15) is 4.79 Å². The first kappa shape index (κ1) is 18.3. The Bertz CT molecular complexity index is 591. The molecule has 0 saturated carbocycles. The van der Waals surface area contributed by atoms with Crippen molar-refractivity contribution in [3.8, 4) is 0 Å². The minimum Gasteiger partial charge on any atom is -0.361 e. The van der Waals surface area contributed by atoms with Gasteiger partial charge in [-0.1, -0.05) is 76.3 Å². The van der Waals surface area contributed by atoms with E-state index in [1.165, 1.54) is 5.56 Å². The first-order chi connectivity index (χ1) is 10.6. The smallest absolute Gasteiger partial charge is 0.221 e. The quantitative estimate of drug-likeness (QED) is 0.302. The maximum atomic E-state index is 13.0. The molecule has 1 aromatic rings. The van der Waals surface area contributed by atoms with Crippen LogP contribution in [-0.2, 0) is 4.79 Å². The molecule has 1 aliphatic rings. The fourth-order valence-corrected chi connectivity index (χ4v) is 5.70. The molecule has 1 aliphatic heterocycles. The largest absolute Gasteiger partial charge is 0.361 e. The van der Waals surface area contributed by atoms with Crippen molar-refractivity contribution in [1.82, 2.24) is 4.57 Å². The van der Waals surface area contributed by atoms with E-state index in [0.717, 1.165) is 5.57 Å². The standard InChI is InChI=1S/C19H28ClNOSi/c1-14(13-20)12-16-17(15-10-8-7-9-11-15)21(18(16)22)23(5,6)19(2,3)4/h7-11,16-17H,1,12-13H2,2-6H3. The summed E-state index contributed by atoms with van der Waals surface area (Å²) in [5, 5.41) is 0.129. The predicted octanol–water partition coefficient (Wildman–Crippen LogP) is 5.38. The molecule has 2 rings (SSSR count). The lowest BCUT2D eigenvalue weighted by Crippen LogP contribution is -2.68. The van der Waals surface area contributed by atoms with Crippen molar-refractivity contribution in [3.05, 3.63) is 48.0 Å². The van der Waals surface area contributed by atoms with Crippen LogP contribution in [0.5, 0.6) is 0 Å². The van der Waals surface area contributed by atoms with Crippen molar-refractivity contribution < 1.29 is 4.79 Å². The Morgan fingerprint density at radius 1 is 1.26 bits per heavy atom. The molecule has 126 valence electrons. The normalized spacial score (nSPS) is 22.0. The number of hydrogen-bond donors (Lipinski definition) is 0. The zero-order chi connectivity index (χ0) is 17.4. The number of carbonyl (C=O) groups excluding carboxylic acids is 1. The van der Waals surface area contributed by atoms with Crippen molar-refractivity contribution in [2.24, 2.45) is 5.92 Å². The average molecular weight is 350 g/mol. The van der Waals surface area contributed by atoms with Gasteiger partial charge in [0.15, 0.2) is 8.24 Å². The second kappa shape index (κ2) is 6.44. The molecule has 1 saturated heterocycles. The molecule has 1 aromatic carbocycles. The molecule has 2 atom stereocenters. The Morgan fingerprint density at radius 2 is 1.83 bits per heavy atom. The minimum atomic E-state index is -1.91. The summed E-state index contributed by atoms with van der Waals surface area (Å²) in [7, 11) is -1.91. The molecule has 0 spiro atoms. The number of amides is 1. The van der Waals surface area contributed by atoms with E-state index in [1.54, 1.807) is 0 Å². The van der Waals surface area contributed by atoms with Gasteiger partial charge in [-0.3, -0.25) is 4.79 Å². The van der Waals surface area contributed by atoms with Crippen LogP contribution in [0.2, 0.25) is 18.1 Å². The molecule has 0 radical (unpaired) electrons. The Hall–Kier alpha value is -1.06. The zero-order valence-electron chi connectivity index (χ0n) is 14.9. The molecule has 23 heavy (non-hydrogen) atoms. The topological polar surface area (TPSA) is 20.3 Å². The van der Waals surface area contributed by atoms with E-state index < -0.39 is 8.24 Å². The van der Waals surface area contributed by atoms with E-state index in [4.69, 9.17) is 11.6 Å². The number of rotatable bonds is 5. The molecule has 0 bridgehead atoms. The molecule has 2 unspecified atom stereocenters. The van der Waals surface area contributed by atoms with Crippen molar-refractivity contribution in [3.63, 3.8) is 0 Å². The summed E-state index contributed by atoms with van der Waals surface area (Å²) >= 11 is 5.90. The number of carbonyl (C=O) groups is 1. The molecular formula is C19H28ClNOSi. The van der Waals surface area contributed by atoms with Crippen LogP contribution in [0.15, 0.2) is 42.5 Å². The Kier molecular flexibility index (Phi) is 5.12. The minimum absolute atomic E-state index is 0.0159. The van der Waals surface area contributed by atoms with Crippen LogP contribution in [-0.4, -0.2) is 24.6 Å². The SMILES string of the molecule is C=C(CCl)CC1C(=O)N([Si](C)(C)C(C)(C)C)C1c1ccccc1. The summed E-state index contributed by atoms with van der Waals surface area (Å²) in [6.07, 6.45) is 0.688. The van der Waals surface area contributed by atoms with Crippen molar-refractivity contribution in [2.45, 2.75) is 51.4 Å². The van der Waals surface area contributed by atoms with Crippen LogP contribution in [0, 0.1) is 5.92 Å². The summed E-state index contributed by atoms with van der Waals surface area (Å²) in [6.45, 7) is 15.3. The molecule has 0 aliphatic carbocycles. The number of hydrogen-bond acceptors (Lipinski definition) is 1. The number of nitrogens with zero attached hydrogens (tertiary/aromatic N) is 1. The lowest BCUT2D eigenvalue weighted by Gasteiger charge is -2.59. The second-order valence-corrected chi connectivity index (χ2v) is 13.4. The van der Waals surface area contributed by atoms with Gasteiger partial charge in [0, 0.05) is 5.88 Å². The highest BCUT2D eigenvalue weighted by Gasteiger charge is 2.57. The van der Waals surface area contributed by atoms with Crippen molar-refractivity contribution >= 4 is 25.7 Å². The van der Waals surface area contributed by atoms with Crippen molar-refractivity contribution in [2.75, 3.05) is 5.88 Å². The molecule has 2 nitrogen and oxygen atoms in total. The molecule has 1 amide bonds. The van der Waals surface area contributed by atoms with E-state index in [0.29, 0.717) is 12.3 Å². The first-order valence-corrected chi connectivity index (χ1v) is 11.7. The average Bonchev–Trinajstić information content (AvgIpc) is 2.48. The summed E-state index contributed by atoms with van der Waals surface area (Å²) in [5.41, 5.74) is 2.17. The second-order valence-electron chi connectivity index (χ2n) is 8.07. The summed E-state index contributed by atoms with van der Waals surface area (Å²) in [5.74, 6) is 0.681. The maximum absolute atomic E-state index is 13.0. The lowest BCUT2D eigenvalue weighted by molar-refractivity contribution is -0.148. The Balaban J connectivity index is 2.39. The van der Waals surface area contributed by atoms with Gasteiger partial charge in [0.25, 0.3) is 0 Å². The van der Waals surface area contributed by atoms with Crippen LogP contribution < -0.4 is 0 Å². The van der Waals surface area contributed by atoms with Gasteiger partial charge in [-0.15, -0.1) is 11.6 Å². The monoisotopic (exact) mass is 349 g/mol. The molecule has 0 aromatic heterocycles. The van der Waals surface area contributed by atoms with Crippen LogP contribution in [0.1, 0.15) is 38.8 Å². The Morgan fingerprint density at radius 3 is 2.30 bits per heavy atom. The number of allylic oxidation sites excluding steroid dienone is 1. The van der Waals surface area contributed by atoms with Crippen molar-refractivity contribution in [1.29, 1.82) is 0 Å². The van der Waals surface area contributed by atoms with E-state index in [1.807, 2.05) is 6.07 Å². The van der Waals surface area contributed by atoms with Crippen LogP contribution >= 0.6 is 11.6 Å². The fourth-order valence-electron chi connectivity index (χ4n) is 3.13. The van der Waals surface area contributed by atoms with E-state index >= 15 is 0 Å². The highest BCUT2D eigenvalue weighted by Crippen LogP contribution is 2.51. The van der Waals surface area contributed by atoms with E-state index in [2.05, 4.69) is 69.3 Å². The van der Waals surface area contributed by atoms with Gasteiger partial charge < -0.3 is 4.57 Å². The summed E-state index contributed by atoms with van der Waals surface area (Å²) < 4.78 is 2.20. The maximum Gasteiger partial charge on any atom is 0.221 e. The highest BCUT2D eigenvalue weighted by molar-refractivity contribution is 6.80. The number of halogens is 1. The fraction of sp³-hybridized carbons (Fsp3) is 0.526.